The molecule has 0 heterocycles. The lowest BCUT2D eigenvalue weighted by Crippen LogP contribution is -2.43. The molecule has 0 aromatic heterocycles. The number of alkyl halides is 3. The number of aliphatic carboxylic acids is 1. The third kappa shape index (κ3) is 4.92. The zero-order valence-electron chi connectivity index (χ0n) is 10.8. The summed E-state index contributed by atoms with van der Waals surface area (Å²) in [5.74, 6) is -1.22. The van der Waals surface area contributed by atoms with Crippen LogP contribution in [0.5, 0.6) is 0 Å². The Morgan fingerprint density at radius 2 is 1.90 bits per heavy atom. The second-order valence-corrected chi connectivity index (χ2v) is 5.12. The van der Waals surface area contributed by atoms with Gasteiger partial charge in [0.15, 0.2) is 0 Å². The molecule has 0 amide bonds. The molecule has 112 valence electrons. The molecule has 2 N–H and O–H groups in total. The normalized spacial score (nSPS) is 14.7. The van der Waals surface area contributed by atoms with Crippen LogP contribution < -0.4 is 5.32 Å². The molecule has 1 aromatic rings. The third-order valence-corrected chi connectivity index (χ3v) is 3.22. The number of para-hydroxylation sites is 1. The molecule has 0 fully saturated rings. The maximum Gasteiger partial charge on any atom is 0.389 e. The van der Waals surface area contributed by atoms with Crippen LogP contribution in [-0.2, 0) is 4.79 Å². The van der Waals surface area contributed by atoms with Crippen LogP contribution in [0.3, 0.4) is 0 Å². The Kier molecular flexibility index (Phi) is 5.28. The van der Waals surface area contributed by atoms with Crippen molar-refractivity contribution in [2.75, 3.05) is 5.32 Å². The first kappa shape index (κ1) is 16.6. The second-order valence-electron chi connectivity index (χ2n) is 4.71. The van der Waals surface area contributed by atoms with Crippen LogP contribution in [0.2, 0.25) is 5.02 Å². The number of rotatable bonds is 6. The van der Waals surface area contributed by atoms with Gasteiger partial charge in [0.1, 0.15) is 5.54 Å². The van der Waals surface area contributed by atoms with E-state index in [2.05, 4.69) is 5.32 Å². The van der Waals surface area contributed by atoms with E-state index in [4.69, 9.17) is 11.6 Å². The van der Waals surface area contributed by atoms with Crippen LogP contribution in [0.1, 0.15) is 26.2 Å². The zero-order valence-corrected chi connectivity index (χ0v) is 11.6. The van der Waals surface area contributed by atoms with Gasteiger partial charge in [-0.05, 0) is 31.9 Å². The van der Waals surface area contributed by atoms with Gasteiger partial charge in [0.25, 0.3) is 0 Å². The lowest BCUT2D eigenvalue weighted by molar-refractivity contribution is -0.145. The maximum absolute atomic E-state index is 12.1. The average molecular weight is 310 g/mol. The first-order chi connectivity index (χ1) is 9.14. The van der Waals surface area contributed by atoms with Crippen LogP contribution in [0.25, 0.3) is 0 Å². The van der Waals surface area contributed by atoms with Gasteiger partial charge in [-0.25, -0.2) is 4.79 Å². The van der Waals surface area contributed by atoms with Gasteiger partial charge >= 0.3 is 12.1 Å². The standard InChI is InChI=1S/C13H15ClF3NO2/c1-12(11(19)20,7-4-8-13(15,16)17)18-10-6-3-2-5-9(10)14/h2-3,5-6,18H,4,7-8H2,1H3,(H,19,20). The van der Waals surface area contributed by atoms with Gasteiger partial charge in [0.2, 0.25) is 0 Å². The maximum atomic E-state index is 12.1. The molecule has 0 aliphatic rings. The summed E-state index contributed by atoms with van der Waals surface area (Å²) in [5, 5.41) is 12.3. The fourth-order valence-electron chi connectivity index (χ4n) is 1.73. The van der Waals surface area contributed by atoms with Crippen molar-refractivity contribution in [1.29, 1.82) is 0 Å². The summed E-state index contributed by atoms with van der Waals surface area (Å²) in [7, 11) is 0. The average Bonchev–Trinajstić information content (AvgIpc) is 2.30. The SMILES string of the molecule is CC(CCCC(F)(F)F)(Nc1ccccc1Cl)C(=O)O. The molecule has 0 spiro atoms. The molecule has 1 rings (SSSR count). The van der Waals surface area contributed by atoms with E-state index in [9.17, 15) is 23.1 Å². The van der Waals surface area contributed by atoms with E-state index in [0.717, 1.165) is 0 Å². The first-order valence-corrected chi connectivity index (χ1v) is 6.35. The predicted octanol–water partition coefficient (Wildman–Crippen LogP) is 4.33. The third-order valence-electron chi connectivity index (χ3n) is 2.89. The molecular formula is C13H15ClF3NO2. The Labute approximate surface area is 119 Å². The number of carbonyl (C=O) groups is 1. The Balaban J connectivity index is 2.77. The molecule has 1 aromatic carbocycles. The summed E-state index contributed by atoms with van der Waals surface area (Å²) >= 11 is 5.91. The summed E-state index contributed by atoms with van der Waals surface area (Å²) in [4.78, 5) is 11.3. The molecule has 20 heavy (non-hydrogen) atoms. The van der Waals surface area contributed by atoms with Gasteiger partial charge in [-0.3, -0.25) is 0 Å². The molecule has 7 heteroatoms. The van der Waals surface area contributed by atoms with Crippen LogP contribution >= 0.6 is 11.6 Å². The van der Waals surface area contributed by atoms with Crippen molar-refractivity contribution in [3.05, 3.63) is 29.3 Å². The number of carboxylic acid groups (broad SMARTS) is 1. The first-order valence-electron chi connectivity index (χ1n) is 5.97. The summed E-state index contributed by atoms with van der Waals surface area (Å²) < 4.78 is 36.4. The van der Waals surface area contributed by atoms with Gasteiger partial charge in [-0.15, -0.1) is 0 Å². The van der Waals surface area contributed by atoms with E-state index in [1.54, 1.807) is 24.3 Å². The van der Waals surface area contributed by atoms with Gasteiger partial charge in [0.05, 0.1) is 10.7 Å². The van der Waals surface area contributed by atoms with Crippen molar-refractivity contribution >= 4 is 23.3 Å². The van der Waals surface area contributed by atoms with E-state index in [0.29, 0.717) is 10.7 Å². The van der Waals surface area contributed by atoms with Crippen molar-refractivity contribution in [2.45, 2.75) is 37.9 Å². The molecule has 0 bridgehead atoms. The zero-order chi connectivity index (χ0) is 15.4. The Morgan fingerprint density at radius 3 is 2.40 bits per heavy atom. The Bertz CT molecular complexity index is 479. The second kappa shape index (κ2) is 6.35. The number of carboxylic acids is 1. The molecule has 0 saturated heterocycles. The fraction of sp³-hybridized carbons (Fsp3) is 0.462. The van der Waals surface area contributed by atoms with Crippen molar-refractivity contribution in [3.8, 4) is 0 Å². The summed E-state index contributed by atoms with van der Waals surface area (Å²) in [6.45, 7) is 1.34. The summed E-state index contributed by atoms with van der Waals surface area (Å²) in [5.41, 5.74) is -1.12. The van der Waals surface area contributed by atoms with E-state index >= 15 is 0 Å². The fourth-order valence-corrected chi connectivity index (χ4v) is 1.91. The molecule has 0 saturated carbocycles. The lowest BCUT2D eigenvalue weighted by Gasteiger charge is -2.28. The minimum atomic E-state index is -4.29. The van der Waals surface area contributed by atoms with Crippen molar-refractivity contribution in [3.63, 3.8) is 0 Å². The number of anilines is 1. The van der Waals surface area contributed by atoms with Crippen LogP contribution in [-0.4, -0.2) is 22.8 Å². The topological polar surface area (TPSA) is 49.3 Å². The highest BCUT2D eigenvalue weighted by atomic mass is 35.5. The van der Waals surface area contributed by atoms with Crippen molar-refractivity contribution in [2.24, 2.45) is 0 Å². The number of hydrogen-bond acceptors (Lipinski definition) is 2. The van der Waals surface area contributed by atoms with Gasteiger partial charge in [-0.1, -0.05) is 23.7 Å². The molecule has 1 atom stereocenters. The highest BCUT2D eigenvalue weighted by Gasteiger charge is 2.35. The Morgan fingerprint density at radius 1 is 1.30 bits per heavy atom. The molecule has 0 aliphatic carbocycles. The van der Waals surface area contributed by atoms with Gasteiger partial charge in [-0.2, -0.15) is 13.2 Å². The minimum Gasteiger partial charge on any atom is -0.480 e. The van der Waals surface area contributed by atoms with E-state index in [1.807, 2.05) is 0 Å². The van der Waals surface area contributed by atoms with Crippen LogP contribution in [0.4, 0.5) is 18.9 Å². The number of nitrogens with one attached hydrogen (secondary N) is 1. The number of hydrogen-bond donors (Lipinski definition) is 2. The van der Waals surface area contributed by atoms with Crippen molar-refractivity contribution in [1.82, 2.24) is 0 Å². The Hall–Kier alpha value is -1.43. The van der Waals surface area contributed by atoms with Crippen LogP contribution in [0, 0.1) is 0 Å². The van der Waals surface area contributed by atoms with E-state index in [1.165, 1.54) is 6.92 Å². The molecule has 1 unspecified atom stereocenters. The van der Waals surface area contributed by atoms with Gasteiger partial charge < -0.3 is 10.4 Å². The minimum absolute atomic E-state index is 0.160. The summed E-state index contributed by atoms with van der Waals surface area (Å²) in [6.07, 6.45) is -5.74. The van der Waals surface area contributed by atoms with E-state index in [-0.39, 0.29) is 12.8 Å². The summed E-state index contributed by atoms with van der Waals surface area (Å²) in [6, 6.07) is 6.48. The number of benzene rings is 1. The predicted molar refractivity (Wildman–Crippen MR) is 71.0 cm³/mol. The van der Waals surface area contributed by atoms with Crippen LogP contribution in [0.15, 0.2) is 24.3 Å². The van der Waals surface area contributed by atoms with Gasteiger partial charge in [0, 0.05) is 6.42 Å². The molecule has 0 aliphatic heterocycles. The molecular weight excluding hydrogens is 295 g/mol. The molecule has 0 radical (unpaired) electrons. The lowest BCUT2D eigenvalue weighted by atomic mass is 9.94. The smallest absolute Gasteiger partial charge is 0.389 e. The highest BCUT2D eigenvalue weighted by Crippen LogP contribution is 2.29. The quantitative estimate of drug-likeness (QED) is 0.822. The number of halogens is 4. The van der Waals surface area contributed by atoms with Crippen molar-refractivity contribution < 1.29 is 23.1 Å². The largest absolute Gasteiger partial charge is 0.480 e. The van der Waals surface area contributed by atoms with E-state index < -0.39 is 24.1 Å². The monoisotopic (exact) mass is 309 g/mol. The highest BCUT2D eigenvalue weighted by molar-refractivity contribution is 6.33. The molecule has 3 nitrogen and oxygen atoms in total.